The third-order valence-corrected chi connectivity index (χ3v) is 3.82. The Morgan fingerprint density at radius 1 is 1.04 bits per heavy atom. The Hall–Kier alpha value is -2.40. The third-order valence-electron chi connectivity index (χ3n) is 3.33. The van der Waals surface area contributed by atoms with Crippen LogP contribution in [-0.4, -0.2) is 9.97 Å². The lowest BCUT2D eigenvalue weighted by Gasteiger charge is -2.09. The average Bonchev–Trinajstić information content (AvgIpc) is 2.55. The molecule has 0 fully saturated rings. The van der Waals surface area contributed by atoms with Gasteiger partial charge in [0.05, 0.1) is 0 Å². The van der Waals surface area contributed by atoms with Crippen LogP contribution in [0.25, 0.3) is 0 Å². The van der Waals surface area contributed by atoms with Crippen LogP contribution in [0.5, 0.6) is 0 Å². The van der Waals surface area contributed by atoms with Gasteiger partial charge < -0.3 is 10.6 Å². The highest BCUT2D eigenvalue weighted by Gasteiger charge is 2.01. The summed E-state index contributed by atoms with van der Waals surface area (Å²) in [5.41, 5.74) is 3.42. The SMILES string of the molecule is Cc1ccc(CNc2ccnc(Nc3cccc(Br)c3)n2)cc1. The summed E-state index contributed by atoms with van der Waals surface area (Å²) in [6, 6.07) is 18.2. The topological polar surface area (TPSA) is 49.8 Å². The number of halogens is 1. The molecule has 0 unspecified atom stereocenters. The lowest BCUT2D eigenvalue weighted by molar-refractivity contribution is 1.08. The highest BCUT2D eigenvalue weighted by molar-refractivity contribution is 9.10. The first-order chi connectivity index (χ1) is 11.2. The molecule has 0 amide bonds. The molecule has 0 saturated heterocycles. The van der Waals surface area contributed by atoms with Gasteiger partial charge >= 0.3 is 0 Å². The van der Waals surface area contributed by atoms with E-state index in [4.69, 9.17) is 0 Å². The van der Waals surface area contributed by atoms with Crippen molar-refractivity contribution in [2.75, 3.05) is 10.6 Å². The van der Waals surface area contributed by atoms with E-state index in [1.54, 1.807) is 6.20 Å². The van der Waals surface area contributed by atoms with E-state index < -0.39 is 0 Å². The van der Waals surface area contributed by atoms with Crippen LogP contribution >= 0.6 is 15.9 Å². The van der Waals surface area contributed by atoms with E-state index in [1.165, 1.54) is 11.1 Å². The van der Waals surface area contributed by atoms with Crippen molar-refractivity contribution in [3.63, 3.8) is 0 Å². The van der Waals surface area contributed by atoms with Gasteiger partial charge in [-0.25, -0.2) is 4.98 Å². The number of benzene rings is 2. The molecule has 116 valence electrons. The van der Waals surface area contributed by atoms with Crippen molar-refractivity contribution in [1.82, 2.24) is 9.97 Å². The fourth-order valence-electron chi connectivity index (χ4n) is 2.11. The molecule has 0 aliphatic carbocycles. The summed E-state index contributed by atoms with van der Waals surface area (Å²) in [7, 11) is 0. The molecular formula is C18H17BrN4. The van der Waals surface area contributed by atoms with Crippen LogP contribution in [0.3, 0.4) is 0 Å². The molecule has 23 heavy (non-hydrogen) atoms. The van der Waals surface area contributed by atoms with Crippen molar-refractivity contribution >= 4 is 33.4 Å². The van der Waals surface area contributed by atoms with Gasteiger partial charge in [0, 0.05) is 22.9 Å². The van der Waals surface area contributed by atoms with Crippen LogP contribution < -0.4 is 10.6 Å². The van der Waals surface area contributed by atoms with Crippen LogP contribution in [0.4, 0.5) is 17.5 Å². The van der Waals surface area contributed by atoms with E-state index in [9.17, 15) is 0 Å². The zero-order valence-corrected chi connectivity index (χ0v) is 14.3. The Balaban J connectivity index is 1.66. The molecule has 0 spiro atoms. The molecule has 1 heterocycles. The number of hydrogen-bond acceptors (Lipinski definition) is 4. The summed E-state index contributed by atoms with van der Waals surface area (Å²) in [5, 5.41) is 6.52. The average molecular weight is 369 g/mol. The van der Waals surface area contributed by atoms with Crippen LogP contribution in [0.1, 0.15) is 11.1 Å². The number of nitrogens with one attached hydrogen (secondary N) is 2. The fraction of sp³-hybridized carbons (Fsp3) is 0.111. The van der Waals surface area contributed by atoms with Crippen LogP contribution in [0.15, 0.2) is 65.3 Å². The number of aromatic nitrogens is 2. The van der Waals surface area contributed by atoms with Gasteiger partial charge in [0.15, 0.2) is 0 Å². The summed E-state index contributed by atoms with van der Waals surface area (Å²) in [6.45, 7) is 2.81. The molecule has 0 saturated carbocycles. The molecule has 0 radical (unpaired) electrons. The van der Waals surface area contributed by atoms with Gasteiger partial charge in [-0.05, 0) is 36.8 Å². The van der Waals surface area contributed by atoms with Gasteiger partial charge in [0.1, 0.15) is 5.82 Å². The van der Waals surface area contributed by atoms with Gasteiger partial charge in [-0.3, -0.25) is 0 Å². The second-order valence-corrected chi connectivity index (χ2v) is 6.16. The van der Waals surface area contributed by atoms with E-state index in [0.717, 1.165) is 22.5 Å². The van der Waals surface area contributed by atoms with Crippen LogP contribution in [-0.2, 0) is 6.54 Å². The Bertz CT molecular complexity index is 787. The molecule has 5 heteroatoms. The molecule has 0 aliphatic heterocycles. The first-order valence-electron chi connectivity index (χ1n) is 7.34. The molecule has 1 aromatic heterocycles. The van der Waals surface area contributed by atoms with Crippen LogP contribution in [0, 0.1) is 6.92 Å². The van der Waals surface area contributed by atoms with E-state index in [-0.39, 0.29) is 0 Å². The van der Waals surface area contributed by atoms with Crippen molar-refractivity contribution in [3.05, 3.63) is 76.4 Å². The molecular weight excluding hydrogens is 352 g/mol. The molecule has 2 N–H and O–H groups in total. The Labute approximate surface area is 144 Å². The summed E-state index contributed by atoms with van der Waals surface area (Å²) in [6.07, 6.45) is 1.74. The minimum absolute atomic E-state index is 0.567. The minimum atomic E-state index is 0.567. The second kappa shape index (κ2) is 7.24. The summed E-state index contributed by atoms with van der Waals surface area (Å²) >= 11 is 3.45. The van der Waals surface area contributed by atoms with E-state index in [2.05, 4.69) is 67.7 Å². The van der Waals surface area contributed by atoms with E-state index in [0.29, 0.717) is 5.95 Å². The lowest BCUT2D eigenvalue weighted by Crippen LogP contribution is -2.04. The highest BCUT2D eigenvalue weighted by Crippen LogP contribution is 2.19. The minimum Gasteiger partial charge on any atom is -0.366 e. The normalized spacial score (nSPS) is 10.3. The molecule has 0 aliphatic rings. The number of rotatable bonds is 5. The van der Waals surface area contributed by atoms with Gasteiger partial charge in [0.25, 0.3) is 0 Å². The molecule has 2 aromatic carbocycles. The van der Waals surface area contributed by atoms with Crippen LogP contribution in [0.2, 0.25) is 0 Å². The largest absolute Gasteiger partial charge is 0.366 e. The maximum atomic E-state index is 4.48. The van der Waals surface area contributed by atoms with Crippen molar-refractivity contribution in [2.24, 2.45) is 0 Å². The van der Waals surface area contributed by atoms with Crippen molar-refractivity contribution in [3.8, 4) is 0 Å². The highest BCUT2D eigenvalue weighted by atomic mass is 79.9. The Kier molecular flexibility index (Phi) is 4.88. The van der Waals surface area contributed by atoms with Gasteiger partial charge in [-0.1, -0.05) is 51.8 Å². The van der Waals surface area contributed by atoms with Gasteiger partial charge in [-0.15, -0.1) is 0 Å². The Morgan fingerprint density at radius 3 is 2.65 bits per heavy atom. The number of hydrogen-bond donors (Lipinski definition) is 2. The summed E-state index contributed by atoms with van der Waals surface area (Å²) in [5.74, 6) is 1.36. The monoisotopic (exact) mass is 368 g/mol. The molecule has 4 nitrogen and oxygen atoms in total. The van der Waals surface area contributed by atoms with Crippen molar-refractivity contribution in [2.45, 2.75) is 13.5 Å². The number of anilines is 3. The smallest absolute Gasteiger partial charge is 0.229 e. The second-order valence-electron chi connectivity index (χ2n) is 5.24. The lowest BCUT2D eigenvalue weighted by atomic mass is 10.1. The maximum Gasteiger partial charge on any atom is 0.229 e. The zero-order valence-electron chi connectivity index (χ0n) is 12.8. The van der Waals surface area contributed by atoms with Crippen molar-refractivity contribution in [1.29, 1.82) is 0 Å². The molecule has 3 rings (SSSR count). The third kappa shape index (κ3) is 4.53. The molecule has 0 bridgehead atoms. The first-order valence-corrected chi connectivity index (χ1v) is 8.13. The quantitative estimate of drug-likeness (QED) is 0.672. The summed E-state index contributed by atoms with van der Waals surface area (Å²) in [4.78, 5) is 8.74. The predicted octanol–water partition coefficient (Wildman–Crippen LogP) is 4.90. The predicted molar refractivity (Wildman–Crippen MR) is 98.0 cm³/mol. The maximum absolute atomic E-state index is 4.48. The zero-order chi connectivity index (χ0) is 16.1. The summed E-state index contributed by atoms with van der Waals surface area (Å²) < 4.78 is 1.01. The number of aryl methyl sites for hydroxylation is 1. The Morgan fingerprint density at radius 2 is 1.87 bits per heavy atom. The van der Waals surface area contributed by atoms with E-state index >= 15 is 0 Å². The van der Waals surface area contributed by atoms with E-state index in [1.807, 2.05) is 30.3 Å². The van der Waals surface area contributed by atoms with Gasteiger partial charge in [0.2, 0.25) is 5.95 Å². The molecule has 3 aromatic rings. The first kappa shape index (κ1) is 15.5. The fourth-order valence-corrected chi connectivity index (χ4v) is 2.51. The van der Waals surface area contributed by atoms with Crippen molar-refractivity contribution < 1.29 is 0 Å². The molecule has 0 atom stereocenters. The number of nitrogens with zero attached hydrogens (tertiary/aromatic N) is 2. The standard InChI is InChI=1S/C18H17BrN4/c1-13-5-7-14(8-6-13)12-21-17-9-10-20-18(23-17)22-16-4-2-3-15(19)11-16/h2-11H,12H2,1H3,(H2,20,21,22,23). The van der Waals surface area contributed by atoms with Gasteiger partial charge in [-0.2, -0.15) is 4.98 Å².